The first kappa shape index (κ1) is 18.2. The first-order valence-electron chi connectivity index (χ1n) is 8.80. The van der Waals surface area contributed by atoms with E-state index in [0.29, 0.717) is 34.0 Å². The molecule has 4 aromatic rings. The number of fused-ring (bicyclic) bond motifs is 1. The Kier molecular flexibility index (Phi) is 4.70. The molecule has 0 atom stereocenters. The Morgan fingerprint density at radius 1 is 1.00 bits per heavy atom. The number of carbonyl (C=O) groups is 2. The molecule has 1 amide bonds. The molecule has 0 aliphatic carbocycles. The Bertz CT molecular complexity index is 1210. The van der Waals surface area contributed by atoms with Gasteiger partial charge in [0.05, 0.1) is 23.7 Å². The van der Waals surface area contributed by atoms with Crippen LogP contribution in [0.4, 0.5) is 4.79 Å². The van der Waals surface area contributed by atoms with Crippen LogP contribution < -0.4 is 15.2 Å². The van der Waals surface area contributed by atoms with Crippen molar-refractivity contribution in [2.45, 2.75) is 0 Å². The number of aromatic amines is 1. The molecule has 0 unspecified atom stereocenters. The fourth-order valence-corrected chi connectivity index (χ4v) is 3.07. The molecule has 0 aliphatic heterocycles. The van der Waals surface area contributed by atoms with E-state index in [-0.39, 0.29) is 5.78 Å². The molecule has 0 fully saturated rings. The molecule has 0 bridgehead atoms. The second-order valence-corrected chi connectivity index (χ2v) is 6.29. The van der Waals surface area contributed by atoms with Crippen molar-refractivity contribution in [3.05, 3.63) is 77.9 Å². The summed E-state index contributed by atoms with van der Waals surface area (Å²) < 4.78 is 10.2. The quantitative estimate of drug-likeness (QED) is 0.505. The number of rotatable bonds is 5. The number of nitrogens with two attached hydrogens (primary N) is 1. The third kappa shape index (κ3) is 3.66. The van der Waals surface area contributed by atoms with Gasteiger partial charge in [-0.25, -0.2) is 9.78 Å². The minimum atomic E-state index is -0.879. The number of para-hydroxylation sites is 1. The van der Waals surface area contributed by atoms with Crippen LogP contribution in [-0.2, 0) is 0 Å². The largest absolute Gasteiger partial charge is 0.496 e. The number of carbonyl (C=O) groups excluding carboxylic acids is 2. The summed E-state index contributed by atoms with van der Waals surface area (Å²) in [5.41, 5.74) is 8.32. The van der Waals surface area contributed by atoms with Gasteiger partial charge in [-0.3, -0.25) is 4.79 Å². The Morgan fingerprint density at radius 2 is 1.76 bits per heavy atom. The molecule has 1 aromatic heterocycles. The van der Waals surface area contributed by atoms with Crippen LogP contribution in [0.3, 0.4) is 0 Å². The van der Waals surface area contributed by atoms with Crippen LogP contribution >= 0.6 is 0 Å². The zero-order valence-corrected chi connectivity index (χ0v) is 15.5. The van der Waals surface area contributed by atoms with Crippen LogP contribution in [0.25, 0.3) is 22.4 Å². The highest BCUT2D eigenvalue weighted by Gasteiger charge is 2.14. The molecule has 0 radical (unpaired) electrons. The highest BCUT2D eigenvalue weighted by Crippen LogP contribution is 2.26. The van der Waals surface area contributed by atoms with Crippen LogP contribution in [0.2, 0.25) is 0 Å². The van der Waals surface area contributed by atoms with Crippen LogP contribution in [0.5, 0.6) is 11.5 Å². The van der Waals surface area contributed by atoms with Gasteiger partial charge in [-0.2, -0.15) is 0 Å². The SMILES string of the molecule is COc1ccccc1C(=O)c1ccc(-c2nc3cc(OC(N)=O)ccc3[nH]2)cc1. The third-order valence-electron chi connectivity index (χ3n) is 4.45. The van der Waals surface area contributed by atoms with Crippen molar-refractivity contribution in [2.75, 3.05) is 7.11 Å². The summed E-state index contributed by atoms with van der Waals surface area (Å²) in [5.74, 6) is 1.37. The first-order chi connectivity index (χ1) is 14.0. The van der Waals surface area contributed by atoms with Gasteiger partial charge in [0.25, 0.3) is 0 Å². The molecule has 7 nitrogen and oxygen atoms in total. The smallest absolute Gasteiger partial charge is 0.409 e. The van der Waals surface area contributed by atoms with Gasteiger partial charge in [-0.05, 0) is 24.3 Å². The monoisotopic (exact) mass is 387 g/mol. The van der Waals surface area contributed by atoms with E-state index in [9.17, 15) is 9.59 Å². The zero-order chi connectivity index (χ0) is 20.4. The predicted octanol–water partition coefficient (Wildman–Crippen LogP) is 3.93. The lowest BCUT2D eigenvalue weighted by atomic mass is 10.0. The van der Waals surface area contributed by atoms with E-state index in [1.807, 2.05) is 18.2 Å². The molecule has 0 spiro atoms. The third-order valence-corrected chi connectivity index (χ3v) is 4.45. The fourth-order valence-electron chi connectivity index (χ4n) is 3.07. The number of primary amides is 1. The van der Waals surface area contributed by atoms with Gasteiger partial charge >= 0.3 is 6.09 Å². The highest BCUT2D eigenvalue weighted by atomic mass is 16.5. The number of aromatic nitrogens is 2. The second-order valence-electron chi connectivity index (χ2n) is 6.29. The summed E-state index contributed by atoms with van der Waals surface area (Å²) in [5, 5.41) is 0. The maximum Gasteiger partial charge on any atom is 0.409 e. The first-order valence-corrected chi connectivity index (χ1v) is 8.80. The molecule has 0 saturated carbocycles. The molecular formula is C22H17N3O4. The Hall–Kier alpha value is -4.13. The number of imidazole rings is 1. The minimum absolute atomic E-state index is 0.119. The van der Waals surface area contributed by atoms with Gasteiger partial charge < -0.3 is 20.2 Å². The van der Waals surface area contributed by atoms with Crippen LogP contribution in [0.1, 0.15) is 15.9 Å². The molecule has 0 saturated heterocycles. The molecular weight excluding hydrogens is 370 g/mol. The van der Waals surface area contributed by atoms with E-state index in [1.54, 1.807) is 48.5 Å². The lowest BCUT2D eigenvalue weighted by Crippen LogP contribution is -2.16. The van der Waals surface area contributed by atoms with Gasteiger partial charge in [0.1, 0.15) is 17.3 Å². The van der Waals surface area contributed by atoms with E-state index in [2.05, 4.69) is 9.97 Å². The van der Waals surface area contributed by atoms with Gasteiger partial charge in [0.15, 0.2) is 5.78 Å². The average Bonchev–Trinajstić information content (AvgIpc) is 3.16. The van der Waals surface area contributed by atoms with Crippen LogP contribution in [0, 0.1) is 0 Å². The maximum absolute atomic E-state index is 12.8. The minimum Gasteiger partial charge on any atom is -0.496 e. The summed E-state index contributed by atoms with van der Waals surface area (Å²) in [7, 11) is 1.54. The lowest BCUT2D eigenvalue weighted by Gasteiger charge is -2.07. The lowest BCUT2D eigenvalue weighted by molar-refractivity contribution is 0.103. The number of H-pyrrole nitrogens is 1. The van der Waals surface area contributed by atoms with Crippen molar-refractivity contribution in [1.82, 2.24) is 9.97 Å². The van der Waals surface area contributed by atoms with E-state index in [4.69, 9.17) is 15.2 Å². The van der Waals surface area contributed by atoms with Gasteiger partial charge in [-0.15, -0.1) is 0 Å². The van der Waals surface area contributed by atoms with Crippen molar-refractivity contribution in [3.8, 4) is 22.9 Å². The van der Waals surface area contributed by atoms with Crippen molar-refractivity contribution >= 4 is 22.9 Å². The van der Waals surface area contributed by atoms with E-state index < -0.39 is 6.09 Å². The maximum atomic E-state index is 12.8. The van der Waals surface area contributed by atoms with Crippen molar-refractivity contribution < 1.29 is 19.1 Å². The standard InChI is InChI=1S/C22H17N3O4/c1-28-19-5-3-2-4-16(19)20(26)13-6-8-14(9-7-13)21-24-17-11-10-15(29-22(23)27)12-18(17)25-21/h2-12H,1H3,(H2,23,27)(H,24,25). The Morgan fingerprint density at radius 3 is 2.48 bits per heavy atom. The van der Waals surface area contributed by atoms with Crippen molar-refractivity contribution in [2.24, 2.45) is 5.73 Å². The fraction of sp³-hybridized carbons (Fsp3) is 0.0455. The average molecular weight is 387 g/mol. The molecule has 0 aliphatic rings. The number of hydrogen-bond donors (Lipinski definition) is 2. The number of ether oxygens (including phenoxy) is 2. The number of methoxy groups -OCH3 is 1. The van der Waals surface area contributed by atoms with Crippen molar-refractivity contribution in [3.63, 3.8) is 0 Å². The van der Waals surface area contributed by atoms with Gasteiger partial charge in [0.2, 0.25) is 0 Å². The Balaban J connectivity index is 1.62. The molecule has 3 N–H and O–H groups in total. The number of benzene rings is 3. The molecule has 1 heterocycles. The van der Waals surface area contributed by atoms with Crippen LogP contribution in [-0.4, -0.2) is 29.0 Å². The zero-order valence-electron chi connectivity index (χ0n) is 15.5. The van der Waals surface area contributed by atoms with E-state index >= 15 is 0 Å². The number of hydrogen-bond acceptors (Lipinski definition) is 5. The molecule has 29 heavy (non-hydrogen) atoms. The number of nitrogens with zero attached hydrogens (tertiary/aromatic N) is 1. The van der Waals surface area contributed by atoms with Gasteiger partial charge in [0, 0.05) is 17.2 Å². The number of nitrogens with one attached hydrogen (secondary N) is 1. The number of amides is 1. The summed E-state index contributed by atoms with van der Waals surface area (Å²) >= 11 is 0. The molecule has 3 aromatic carbocycles. The summed E-state index contributed by atoms with van der Waals surface area (Å²) in [6.07, 6.45) is -0.879. The summed E-state index contributed by atoms with van der Waals surface area (Å²) in [6.45, 7) is 0. The summed E-state index contributed by atoms with van der Waals surface area (Å²) in [6, 6.07) is 19.3. The molecule has 144 valence electrons. The number of ketones is 1. The second kappa shape index (κ2) is 7.47. The normalized spacial score (nSPS) is 10.7. The van der Waals surface area contributed by atoms with E-state index in [1.165, 1.54) is 7.11 Å². The van der Waals surface area contributed by atoms with Gasteiger partial charge in [-0.1, -0.05) is 36.4 Å². The summed E-state index contributed by atoms with van der Waals surface area (Å²) in [4.78, 5) is 31.4. The molecule has 4 rings (SSSR count). The molecule has 7 heteroatoms. The Labute approximate surface area is 166 Å². The van der Waals surface area contributed by atoms with E-state index in [0.717, 1.165) is 11.1 Å². The predicted molar refractivity (Wildman–Crippen MR) is 108 cm³/mol. The van der Waals surface area contributed by atoms with Crippen LogP contribution in [0.15, 0.2) is 66.7 Å². The van der Waals surface area contributed by atoms with Crippen molar-refractivity contribution in [1.29, 1.82) is 0 Å². The topological polar surface area (TPSA) is 107 Å². The highest BCUT2D eigenvalue weighted by molar-refractivity contribution is 6.10.